The Bertz CT molecular complexity index is 834. The first kappa shape index (κ1) is 18.6. The van der Waals surface area contributed by atoms with Gasteiger partial charge >= 0.3 is 0 Å². The molecule has 26 heavy (non-hydrogen) atoms. The monoisotopic (exact) mass is 388 g/mol. The van der Waals surface area contributed by atoms with Crippen molar-refractivity contribution in [2.75, 3.05) is 19.5 Å². The van der Waals surface area contributed by atoms with Gasteiger partial charge in [-0.15, -0.1) is 21.5 Å². The van der Waals surface area contributed by atoms with E-state index < -0.39 is 0 Å². The van der Waals surface area contributed by atoms with Gasteiger partial charge < -0.3 is 10.1 Å². The first-order valence-electron chi connectivity index (χ1n) is 8.15. The lowest BCUT2D eigenvalue weighted by Gasteiger charge is -2.13. The molecule has 0 saturated heterocycles. The molecule has 0 fully saturated rings. The van der Waals surface area contributed by atoms with Crippen LogP contribution in [-0.4, -0.2) is 46.2 Å². The molecule has 0 radical (unpaired) electrons. The number of hydrogen-bond acceptors (Lipinski definition) is 6. The number of carbonyl (C=O) groups excluding carboxylic acids is 1. The van der Waals surface area contributed by atoms with Gasteiger partial charge in [0.2, 0.25) is 5.91 Å². The number of benzene rings is 1. The summed E-state index contributed by atoms with van der Waals surface area (Å²) in [6, 6.07) is 13.9. The Morgan fingerprint density at radius 3 is 2.77 bits per heavy atom. The summed E-state index contributed by atoms with van der Waals surface area (Å²) in [7, 11) is 1.62. The van der Waals surface area contributed by atoms with E-state index in [1.54, 1.807) is 18.4 Å². The number of thiophene rings is 1. The quantitative estimate of drug-likeness (QED) is 0.600. The molecule has 0 unspecified atom stereocenters. The summed E-state index contributed by atoms with van der Waals surface area (Å²) in [5.41, 5.74) is 0.969. The van der Waals surface area contributed by atoms with Crippen LogP contribution in [0, 0.1) is 0 Å². The second-order valence-corrected chi connectivity index (χ2v) is 7.56. The summed E-state index contributed by atoms with van der Waals surface area (Å²) in [6.07, 6.45) is 0. The van der Waals surface area contributed by atoms with Crippen LogP contribution in [0.4, 0.5) is 0 Å². The summed E-state index contributed by atoms with van der Waals surface area (Å²) in [5.74, 6) is 0.991. The molecular weight excluding hydrogens is 368 g/mol. The van der Waals surface area contributed by atoms with Crippen molar-refractivity contribution < 1.29 is 9.53 Å². The van der Waals surface area contributed by atoms with Gasteiger partial charge in [0, 0.05) is 18.8 Å². The zero-order valence-corrected chi connectivity index (χ0v) is 16.2. The average Bonchev–Trinajstić information content (AvgIpc) is 3.30. The highest BCUT2D eigenvalue weighted by atomic mass is 32.2. The number of para-hydroxylation sites is 1. The van der Waals surface area contributed by atoms with Crippen LogP contribution in [0.15, 0.2) is 53.0 Å². The number of thioether (sulfide) groups is 1. The fourth-order valence-electron chi connectivity index (χ4n) is 2.48. The smallest absolute Gasteiger partial charge is 0.230 e. The van der Waals surface area contributed by atoms with E-state index in [1.807, 2.05) is 59.3 Å². The normalized spacial score (nSPS) is 12.1. The molecule has 1 aromatic carbocycles. The summed E-state index contributed by atoms with van der Waals surface area (Å²) >= 11 is 2.98. The Labute approximate surface area is 160 Å². The Morgan fingerprint density at radius 1 is 1.27 bits per heavy atom. The largest absolute Gasteiger partial charge is 0.383 e. The van der Waals surface area contributed by atoms with Crippen LogP contribution in [0.3, 0.4) is 0 Å². The van der Waals surface area contributed by atoms with Crippen molar-refractivity contribution in [3.05, 3.63) is 47.8 Å². The maximum atomic E-state index is 12.1. The topological polar surface area (TPSA) is 69.0 Å². The van der Waals surface area contributed by atoms with Crippen LogP contribution in [0.1, 0.15) is 6.92 Å². The first-order chi connectivity index (χ1) is 12.7. The lowest BCUT2D eigenvalue weighted by Crippen LogP contribution is -2.36. The molecule has 6 nitrogen and oxygen atoms in total. The van der Waals surface area contributed by atoms with Crippen LogP contribution >= 0.6 is 23.1 Å². The summed E-state index contributed by atoms with van der Waals surface area (Å²) in [6.45, 7) is 2.40. The van der Waals surface area contributed by atoms with Gasteiger partial charge in [-0.1, -0.05) is 36.0 Å². The minimum atomic E-state index is -0.0557. The SMILES string of the molecule is COC[C@@H](C)NC(=O)CSc1nnc(-c2cccs2)n1-c1ccccc1. The molecule has 136 valence electrons. The number of nitrogens with one attached hydrogen (secondary N) is 1. The van der Waals surface area contributed by atoms with Gasteiger partial charge in [-0.2, -0.15) is 0 Å². The van der Waals surface area contributed by atoms with Crippen LogP contribution in [0.2, 0.25) is 0 Å². The van der Waals surface area contributed by atoms with Gasteiger partial charge in [-0.3, -0.25) is 9.36 Å². The number of aromatic nitrogens is 3. The molecule has 0 aliphatic rings. The van der Waals surface area contributed by atoms with E-state index in [4.69, 9.17) is 4.74 Å². The van der Waals surface area contributed by atoms with Gasteiger partial charge in [0.25, 0.3) is 0 Å². The van der Waals surface area contributed by atoms with Crippen molar-refractivity contribution in [2.24, 2.45) is 0 Å². The third-order valence-electron chi connectivity index (χ3n) is 3.55. The Kier molecular flexibility index (Phi) is 6.43. The summed E-state index contributed by atoms with van der Waals surface area (Å²) < 4.78 is 7.03. The first-order valence-corrected chi connectivity index (χ1v) is 10.0. The van der Waals surface area contributed by atoms with Crippen LogP contribution < -0.4 is 5.32 Å². The molecule has 1 N–H and O–H groups in total. The van der Waals surface area contributed by atoms with Gasteiger partial charge in [-0.25, -0.2) is 0 Å². The van der Waals surface area contributed by atoms with E-state index in [-0.39, 0.29) is 17.7 Å². The number of methoxy groups -OCH3 is 1. The van der Waals surface area contributed by atoms with Crippen molar-refractivity contribution >= 4 is 29.0 Å². The summed E-state index contributed by atoms with van der Waals surface area (Å²) in [4.78, 5) is 13.2. The maximum Gasteiger partial charge on any atom is 0.230 e. The number of ether oxygens (including phenoxy) is 1. The summed E-state index contributed by atoms with van der Waals surface area (Å²) in [5, 5.41) is 14.3. The second-order valence-electron chi connectivity index (χ2n) is 5.67. The lowest BCUT2D eigenvalue weighted by molar-refractivity contribution is -0.119. The Balaban J connectivity index is 1.80. The highest BCUT2D eigenvalue weighted by Gasteiger charge is 2.18. The van der Waals surface area contributed by atoms with E-state index in [0.717, 1.165) is 16.4 Å². The maximum absolute atomic E-state index is 12.1. The third kappa shape index (κ3) is 4.51. The zero-order chi connectivity index (χ0) is 18.4. The molecule has 2 heterocycles. The molecule has 2 aromatic heterocycles. The number of rotatable bonds is 8. The van der Waals surface area contributed by atoms with E-state index in [9.17, 15) is 4.79 Å². The molecule has 0 bridgehead atoms. The van der Waals surface area contributed by atoms with E-state index in [2.05, 4.69) is 15.5 Å². The number of hydrogen-bond donors (Lipinski definition) is 1. The van der Waals surface area contributed by atoms with Crippen LogP contribution in [0.25, 0.3) is 16.4 Å². The molecule has 0 spiro atoms. The molecular formula is C18H20N4O2S2. The van der Waals surface area contributed by atoms with Gasteiger partial charge in [0.05, 0.1) is 17.2 Å². The van der Waals surface area contributed by atoms with E-state index in [1.165, 1.54) is 11.8 Å². The van der Waals surface area contributed by atoms with Crippen LogP contribution in [-0.2, 0) is 9.53 Å². The standard InChI is InChI=1S/C18H20N4O2S2/c1-13(11-24-2)19-16(23)12-26-18-21-20-17(15-9-6-10-25-15)22(18)14-7-4-3-5-8-14/h3-10,13H,11-12H2,1-2H3,(H,19,23)/t13-/m1/s1. The van der Waals surface area contributed by atoms with Gasteiger partial charge in [0.1, 0.15) is 0 Å². The lowest BCUT2D eigenvalue weighted by atomic mass is 10.3. The number of amides is 1. The fraction of sp³-hybridized carbons (Fsp3) is 0.278. The molecule has 0 aliphatic carbocycles. The highest BCUT2D eigenvalue weighted by molar-refractivity contribution is 7.99. The Hall–Kier alpha value is -2.16. The van der Waals surface area contributed by atoms with Crippen LogP contribution in [0.5, 0.6) is 0 Å². The molecule has 3 aromatic rings. The third-order valence-corrected chi connectivity index (χ3v) is 5.34. The molecule has 3 rings (SSSR count). The molecule has 1 amide bonds. The minimum Gasteiger partial charge on any atom is -0.383 e. The second kappa shape index (κ2) is 8.98. The zero-order valence-electron chi connectivity index (χ0n) is 14.6. The average molecular weight is 389 g/mol. The minimum absolute atomic E-state index is 0.0261. The Morgan fingerprint density at radius 2 is 2.08 bits per heavy atom. The van der Waals surface area contributed by atoms with E-state index >= 15 is 0 Å². The molecule has 1 atom stereocenters. The van der Waals surface area contributed by atoms with Crippen molar-refractivity contribution in [3.63, 3.8) is 0 Å². The molecule has 0 aliphatic heterocycles. The number of carbonyl (C=O) groups is 1. The predicted octanol–water partition coefficient (Wildman–Crippen LogP) is 3.24. The number of nitrogens with zero attached hydrogens (tertiary/aromatic N) is 3. The van der Waals surface area contributed by atoms with Crippen molar-refractivity contribution in [1.82, 2.24) is 20.1 Å². The van der Waals surface area contributed by atoms with Crippen molar-refractivity contribution in [1.29, 1.82) is 0 Å². The van der Waals surface area contributed by atoms with Gasteiger partial charge in [-0.05, 0) is 30.5 Å². The van der Waals surface area contributed by atoms with Crippen molar-refractivity contribution in [3.8, 4) is 16.4 Å². The molecule has 0 saturated carbocycles. The van der Waals surface area contributed by atoms with Gasteiger partial charge in [0.15, 0.2) is 11.0 Å². The molecule has 8 heteroatoms. The predicted molar refractivity (Wildman–Crippen MR) is 105 cm³/mol. The van der Waals surface area contributed by atoms with Crippen molar-refractivity contribution in [2.45, 2.75) is 18.1 Å². The fourth-order valence-corrected chi connectivity index (χ4v) is 3.94. The van der Waals surface area contributed by atoms with E-state index in [0.29, 0.717) is 11.8 Å². The highest BCUT2D eigenvalue weighted by Crippen LogP contribution is 2.30.